The summed E-state index contributed by atoms with van der Waals surface area (Å²) >= 11 is 8.22. The molecule has 1 fully saturated rings. The van der Waals surface area contributed by atoms with Crippen LogP contribution in [0.5, 0.6) is 0 Å². The van der Waals surface area contributed by atoms with E-state index < -0.39 is 0 Å². The van der Waals surface area contributed by atoms with Gasteiger partial charge in [-0.2, -0.15) is 0 Å². The third-order valence-corrected chi connectivity index (χ3v) is 6.62. The first kappa shape index (κ1) is 17.2. The third-order valence-electron chi connectivity index (χ3n) is 5.23. The van der Waals surface area contributed by atoms with Crippen molar-refractivity contribution in [3.63, 3.8) is 0 Å². The Balaban J connectivity index is 1.73. The Kier molecular flexibility index (Phi) is 5.21. The summed E-state index contributed by atoms with van der Waals surface area (Å²) in [7, 11) is 0. The van der Waals surface area contributed by atoms with Crippen LogP contribution < -0.4 is 0 Å². The van der Waals surface area contributed by atoms with Crippen molar-refractivity contribution in [1.82, 2.24) is 4.90 Å². The lowest BCUT2D eigenvalue weighted by Gasteiger charge is -2.32. The van der Waals surface area contributed by atoms with Gasteiger partial charge in [0.15, 0.2) is 0 Å². The van der Waals surface area contributed by atoms with Crippen molar-refractivity contribution < 1.29 is 0 Å². The van der Waals surface area contributed by atoms with Gasteiger partial charge >= 0.3 is 0 Å². The molecule has 0 aliphatic carbocycles. The molecular formula is C22H24ClNS. The van der Waals surface area contributed by atoms with Crippen molar-refractivity contribution in [2.24, 2.45) is 0 Å². The van der Waals surface area contributed by atoms with Crippen molar-refractivity contribution in [2.45, 2.75) is 42.4 Å². The van der Waals surface area contributed by atoms with E-state index in [9.17, 15) is 0 Å². The van der Waals surface area contributed by atoms with Crippen LogP contribution in [0.15, 0.2) is 57.8 Å². The number of likely N-dealkylation sites (tertiary alicyclic amines) is 1. The molecule has 2 aromatic carbocycles. The number of fused-ring (bicyclic) bond motifs is 2. The molecule has 3 heteroatoms. The Bertz CT molecular complexity index is 801. The fraction of sp³-hybridized carbons (Fsp3) is 0.364. The molecule has 0 N–H and O–H groups in total. The SMILES string of the molecule is CCCCN1CCC(=C2c3ccccc3Sc3ccc(Cl)cc32)CC1. The molecule has 130 valence electrons. The first-order valence-corrected chi connectivity index (χ1v) is 10.5. The summed E-state index contributed by atoms with van der Waals surface area (Å²) in [5.41, 5.74) is 5.76. The van der Waals surface area contributed by atoms with Gasteiger partial charge in [0.2, 0.25) is 0 Å². The van der Waals surface area contributed by atoms with Gasteiger partial charge in [0, 0.05) is 27.9 Å². The zero-order valence-corrected chi connectivity index (χ0v) is 16.3. The predicted molar refractivity (Wildman–Crippen MR) is 109 cm³/mol. The van der Waals surface area contributed by atoms with E-state index in [1.807, 2.05) is 17.8 Å². The first-order chi connectivity index (χ1) is 12.3. The van der Waals surface area contributed by atoms with Crippen LogP contribution in [-0.2, 0) is 0 Å². The maximum Gasteiger partial charge on any atom is 0.0412 e. The van der Waals surface area contributed by atoms with E-state index in [-0.39, 0.29) is 0 Å². The average molecular weight is 370 g/mol. The molecular weight excluding hydrogens is 346 g/mol. The largest absolute Gasteiger partial charge is 0.303 e. The van der Waals surface area contributed by atoms with Crippen LogP contribution in [0.25, 0.3) is 5.57 Å². The maximum absolute atomic E-state index is 6.35. The van der Waals surface area contributed by atoms with Crippen LogP contribution in [0.1, 0.15) is 43.7 Å². The van der Waals surface area contributed by atoms with Crippen molar-refractivity contribution in [3.05, 3.63) is 64.2 Å². The van der Waals surface area contributed by atoms with Crippen molar-refractivity contribution >= 4 is 28.9 Å². The van der Waals surface area contributed by atoms with E-state index in [0.29, 0.717) is 0 Å². The molecule has 1 saturated heterocycles. The summed E-state index contributed by atoms with van der Waals surface area (Å²) in [5, 5.41) is 0.831. The first-order valence-electron chi connectivity index (χ1n) is 9.28. The van der Waals surface area contributed by atoms with E-state index in [0.717, 1.165) is 5.02 Å². The zero-order valence-electron chi connectivity index (χ0n) is 14.7. The molecule has 0 atom stereocenters. The van der Waals surface area contributed by atoms with Crippen LogP contribution in [-0.4, -0.2) is 24.5 Å². The Hall–Kier alpha value is -1.22. The number of piperidine rings is 1. The average Bonchev–Trinajstić information content (AvgIpc) is 2.65. The summed E-state index contributed by atoms with van der Waals surface area (Å²) in [5.74, 6) is 0. The number of rotatable bonds is 3. The lowest BCUT2D eigenvalue weighted by Crippen LogP contribution is -2.32. The fourth-order valence-electron chi connectivity index (χ4n) is 3.87. The summed E-state index contributed by atoms with van der Waals surface area (Å²) in [6, 6.07) is 15.2. The van der Waals surface area contributed by atoms with E-state index in [1.165, 1.54) is 71.8 Å². The highest BCUT2D eigenvalue weighted by Crippen LogP contribution is 2.48. The van der Waals surface area contributed by atoms with Gasteiger partial charge in [-0.3, -0.25) is 0 Å². The molecule has 2 aromatic rings. The predicted octanol–water partition coefficient (Wildman–Crippen LogP) is 6.50. The van der Waals surface area contributed by atoms with Gasteiger partial charge < -0.3 is 4.90 Å². The van der Waals surface area contributed by atoms with Crippen molar-refractivity contribution in [2.75, 3.05) is 19.6 Å². The van der Waals surface area contributed by atoms with Gasteiger partial charge in [-0.15, -0.1) is 0 Å². The Labute approximate surface area is 160 Å². The number of hydrogen-bond donors (Lipinski definition) is 0. The fourth-order valence-corrected chi connectivity index (χ4v) is 5.11. The monoisotopic (exact) mass is 369 g/mol. The van der Waals surface area contributed by atoms with Crippen LogP contribution >= 0.6 is 23.4 Å². The summed E-state index contributed by atoms with van der Waals surface area (Å²) in [6.07, 6.45) is 4.93. The lowest BCUT2D eigenvalue weighted by atomic mass is 9.88. The number of nitrogens with zero attached hydrogens (tertiary/aromatic N) is 1. The van der Waals surface area contributed by atoms with Gasteiger partial charge in [-0.05, 0) is 66.8 Å². The highest BCUT2D eigenvalue weighted by molar-refractivity contribution is 7.99. The molecule has 1 nitrogen and oxygen atoms in total. The van der Waals surface area contributed by atoms with Gasteiger partial charge in [-0.25, -0.2) is 0 Å². The van der Waals surface area contributed by atoms with Crippen LogP contribution in [0, 0.1) is 0 Å². The van der Waals surface area contributed by atoms with Crippen LogP contribution in [0.3, 0.4) is 0 Å². The van der Waals surface area contributed by atoms with E-state index in [4.69, 9.17) is 11.6 Å². The van der Waals surface area contributed by atoms with Crippen LogP contribution in [0.2, 0.25) is 5.02 Å². The summed E-state index contributed by atoms with van der Waals surface area (Å²) < 4.78 is 0. The topological polar surface area (TPSA) is 3.24 Å². The van der Waals surface area contributed by atoms with Crippen LogP contribution in [0.4, 0.5) is 0 Å². The third kappa shape index (κ3) is 3.53. The molecule has 0 aromatic heterocycles. The Morgan fingerprint density at radius 3 is 2.56 bits per heavy atom. The standard InChI is InChI=1S/C22H24ClNS/c1-2-3-12-24-13-10-16(11-14-24)22-18-6-4-5-7-20(18)25-21-9-8-17(23)15-19(21)22/h4-9,15H,2-3,10-14H2,1H3. The Morgan fingerprint density at radius 2 is 1.76 bits per heavy atom. The smallest absolute Gasteiger partial charge is 0.0412 e. The number of unbranched alkanes of at least 4 members (excludes halogenated alkanes) is 1. The van der Waals surface area contributed by atoms with Gasteiger partial charge in [0.1, 0.15) is 0 Å². The van der Waals surface area contributed by atoms with E-state index in [2.05, 4.69) is 48.2 Å². The second-order valence-corrected chi connectivity index (χ2v) is 8.43. The highest BCUT2D eigenvalue weighted by Gasteiger charge is 2.25. The minimum Gasteiger partial charge on any atom is -0.303 e. The summed E-state index contributed by atoms with van der Waals surface area (Å²) in [6.45, 7) is 5.89. The lowest BCUT2D eigenvalue weighted by molar-refractivity contribution is 0.253. The molecule has 0 radical (unpaired) electrons. The van der Waals surface area contributed by atoms with Crippen molar-refractivity contribution in [1.29, 1.82) is 0 Å². The van der Waals surface area contributed by atoms with E-state index in [1.54, 1.807) is 5.57 Å². The zero-order chi connectivity index (χ0) is 17.2. The van der Waals surface area contributed by atoms with Gasteiger partial charge in [0.05, 0.1) is 0 Å². The molecule has 2 aliphatic heterocycles. The molecule has 0 saturated carbocycles. The molecule has 2 heterocycles. The quantitative estimate of drug-likeness (QED) is 0.518. The summed E-state index contributed by atoms with van der Waals surface area (Å²) in [4.78, 5) is 5.32. The molecule has 0 bridgehead atoms. The second-order valence-electron chi connectivity index (χ2n) is 6.91. The van der Waals surface area contributed by atoms with Gasteiger partial charge in [0.25, 0.3) is 0 Å². The number of benzene rings is 2. The molecule has 0 spiro atoms. The molecule has 2 aliphatic rings. The molecule has 25 heavy (non-hydrogen) atoms. The number of halogens is 1. The number of hydrogen-bond acceptors (Lipinski definition) is 2. The highest BCUT2D eigenvalue weighted by atomic mass is 35.5. The molecule has 0 unspecified atom stereocenters. The minimum absolute atomic E-state index is 0.831. The maximum atomic E-state index is 6.35. The second kappa shape index (κ2) is 7.57. The molecule has 4 rings (SSSR count). The minimum atomic E-state index is 0.831. The Morgan fingerprint density at radius 1 is 1.00 bits per heavy atom. The van der Waals surface area contributed by atoms with Crippen molar-refractivity contribution in [3.8, 4) is 0 Å². The normalized spacial score (nSPS) is 17.4. The molecule has 0 amide bonds. The van der Waals surface area contributed by atoms with Gasteiger partial charge in [-0.1, -0.05) is 60.5 Å². The van der Waals surface area contributed by atoms with E-state index >= 15 is 0 Å².